The Hall–Kier alpha value is -1.03. The molecule has 0 spiro atoms. The molecule has 1 aliphatic rings. The van der Waals surface area contributed by atoms with Crippen LogP contribution in [0, 0.1) is 0 Å². The van der Waals surface area contributed by atoms with Crippen molar-refractivity contribution in [3.05, 3.63) is 52.0 Å². The molecule has 0 amide bonds. The fourth-order valence-electron chi connectivity index (χ4n) is 2.47. The van der Waals surface area contributed by atoms with Gasteiger partial charge in [0.05, 0.1) is 18.2 Å². The molecule has 1 heterocycles. The molecule has 1 unspecified atom stereocenters. The Morgan fingerprint density at radius 2 is 2.05 bits per heavy atom. The van der Waals surface area contributed by atoms with E-state index in [4.69, 9.17) is 27.9 Å². The molecule has 0 radical (unpaired) electrons. The second kappa shape index (κ2) is 6.39. The van der Waals surface area contributed by atoms with Crippen molar-refractivity contribution in [2.24, 2.45) is 0 Å². The highest BCUT2D eigenvalue weighted by atomic mass is 35.5. The quantitative estimate of drug-likeness (QED) is 0.780. The minimum atomic E-state index is 0.255. The first kappa shape index (κ1) is 14.9. The van der Waals surface area contributed by atoms with Crippen molar-refractivity contribution in [1.82, 2.24) is 0 Å². The number of hydrogen-bond acceptors (Lipinski definition) is 3. The van der Waals surface area contributed by atoms with Crippen LogP contribution >= 0.6 is 35.0 Å². The van der Waals surface area contributed by atoms with Gasteiger partial charge in [0.15, 0.2) is 0 Å². The van der Waals surface area contributed by atoms with E-state index in [1.165, 1.54) is 10.5 Å². The zero-order valence-electron chi connectivity index (χ0n) is 11.5. The summed E-state index contributed by atoms with van der Waals surface area (Å²) in [5, 5.41) is 4.95. The Morgan fingerprint density at radius 3 is 2.86 bits per heavy atom. The maximum atomic E-state index is 6.14. The molecule has 110 valence electrons. The van der Waals surface area contributed by atoms with Gasteiger partial charge >= 0.3 is 0 Å². The van der Waals surface area contributed by atoms with Gasteiger partial charge in [0.2, 0.25) is 0 Å². The number of ether oxygens (including phenoxy) is 1. The predicted octanol–water partition coefficient (Wildman–Crippen LogP) is 5.65. The number of hydrogen-bond donors (Lipinski definition) is 1. The highest BCUT2D eigenvalue weighted by Crippen LogP contribution is 2.39. The van der Waals surface area contributed by atoms with Gasteiger partial charge in [-0.25, -0.2) is 0 Å². The summed E-state index contributed by atoms with van der Waals surface area (Å²) in [5.41, 5.74) is 2.26. The highest BCUT2D eigenvalue weighted by Gasteiger charge is 2.21. The third-order valence-electron chi connectivity index (χ3n) is 3.50. The average Bonchev–Trinajstić information content (AvgIpc) is 2.50. The molecule has 1 aliphatic heterocycles. The second-order valence-corrected chi connectivity index (χ2v) is 6.85. The van der Waals surface area contributed by atoms with Gasteiger partial charge in [0.25, 0.3) is 0 Å². The van der Waals surface area contributed by atoms with Crippen LogP contribution in [0.5, 0.6) is 5.75 Å². The molecule has 0 saturated carbocycles. The van der Waals surface area contributed by atoms with Crippen LogP contribution < -0.4 is 10.1 Å². The molecule has 5 heteroatoms. The molecule has 2 aromatic rings. The van der Waals surface area contributed by atoms with Gasteiger partial charge in [-0.05, 0) is 42.3 Å². The van der Waals surface area contributed by atoms with Gasteiger partial charge in [0.1, 0.15) is 5.75 Å². The molecule has 0 aliphatic carbocycles. The van der Waals surface area contributed by atoms with E-state index in [1.54, 1.807) is 7.11 Å². The fraction of sp³-hybridized carbons (Fsp3) is 0.250. The Labute approximate surface area is 138 Å². The molecule has 0 aromatic heterocycles. The van der Waals surface area contributed by atoms with Gasteiger partial charge in [-0.15, -0.1) is 11.8 Å². The van der Waals surface area contributed by atoms with Gasteiger partial charge in [-0.1, -0.05) is 23.2 Å². The Bertz CT molecular complexity index is 663. The molecule has 3 rings (SSSR count). The zero-order chi connectivity index (χ0) is 14.8. The summed E-state index contributed by atoms with van der Waals surface area (Å²) in [7, 11) is 1.62. The predicted molar refractivity (Wildman–Crippen MR) is 91.2 cm³/mol. The van der Waals surface area contributed by atoms with Crippen LogP contribution in [-0.2, 0) is 0 Å². The summed E-state index contributed by atoms with van der Waals surface area (Å²) < 4.78 is 5.27. The van der Waals surface area contributed by atoms with Crippen molar-refractivity contribution in [3.8, 4) is 5.75 Å². The summed E-state index contributed by atoms with van der Waals surface area (Å²) >= 11 is 14.1. The zero-order valence-corrected chi connectivity index (χ0v) is 13.9. The highest BCUT2D eigenvalue weighted by molar-refractivity contribution is 7.99. The van der Waals surface area contributed by atoms with Crippen LogP contribution in [0.1, 0.15) is 18.0 Å². The summed E-state index contributed by atoms with van der Waals surface area (Å²) in [4.78, 5) is 1.30. The Morgan fingerprint density at radius 1 is 1.19 bits per heavy atom. The number of halogens is 2. The van der Waals surface area contributed by atoms with Crippen LogP contribution in [0.2, 0.25) is 10.0 Å². The van der Waals surface area contributed by atoms with Gasteiger partial charge in [-0.3, -0.25) is 0 Å². The lowest BCUT2D eigenvalue weighted by atomic mass is 10.0. The van der Waals surface area contributed by atoms with Crippen LogP contribution in [-0.4, -0.2) is 12.9 Å². The molecule has 0 fully saturated rings. The van der Waals surface area contributed by atoms with E-state index >= 15 is 0 Å². The van der Waals surface area contributed by atoms with E-state index < -0.39 is 0 Å². The molecule has 1 N–H and O–H groups in total. The Kier molecular flexibility index (Phi) is 4.53. The average molecular weight is 340 g/mol. The number of rotatable bonds is 3. The van der Waals surface area contributed by atoms with E-state index in [1.807, 2.05) is 42.1 Å². The maximum Gasteiger partial charge on any atom is 0.139 e. The SMILES string of the molecule is COc1cc(NC2CCSc3ccc(Cl)cc32)ccc1Cl. The lowest BCUT2D eigenvalue weighted by molar-refractivity contribution is 0.415. The molecule has 1 atom stereocenters. The summed E-state index contributed by atoms with van der Waals surface area (Å²) in [6.45, 7) is 0. The van der Waals surface area contributed by atoms with Crippen LogP contribution in [0.4, 0.5) is 5.69 Å². The number of methoxy groups -OCH3 is 1. The van der Waals surface area contributed by atoms with E-state index in [2.05, 4.69) is 11.4 Å². The molecular formula is C16H15Cl2NOS. The molecule has 2 aromatic carbocycles. The van der Waals surface area contributed by atoms with Crippen molar-refractivity contribution in [2.75, 3.05) is 18.2 Å². The van der Waals surface area contributed by atoms with Crippen LogP contribution in [0.15, 0.2) is 41.3 Å². The standard InChI is InChI=1S/C16H15Cl2NOS/c1-20-15-9-11(3-4-13(15)18)19-14-6-7-21-16-5-2-10(17)8-12(14)16/h2-5,8-9,14,19H,6-7H2,1H3. The monoisotopic (exact) mass is 339 g/mol. The normalized spacial score (nSPS) is 17.2. The number of anilines is 1. The first-order valence-corrected chi connectivity index (χ1v) is 8.44. The fourth-order valence-corrected chi connectivity index (χ4v) is 3.95. The van der Waals surface area contributed by atoms with Gasteiger partial charge in [-0.2, -0.15) is 0 Å². The first-order chi connectivity index (χ1) is 10.2. The third kappa shape index (κ3) is 3.25. The van der Waals surface area contributed by atoms with E-state index in [0.29, 0.717) is 10.8 Å². The van der Waals surface area contributed by atoms with Crippen molar-refractivity contribution in [1.29, 1.82) is 0 Å². The Balaban J connectivity index is 1.88. The number of thioether (sulfide) groups is 1. The molecule has 2 nitrogen and oxygen atoms in total. The number of fused-ring (bicyclic) bond motifs is 1. The topological polar surface area (TPSA) is 21.3 Å². The third-order valence-corrected chi connectivity index (χ3v) is 5.17. The van der Waals surface area contributed by atoms with Crippen LogP contribution in [0.25, 0.3) is 0 Å². The maximum absolute atomic E-state index is 6.14. The largest absolute Gasteiger partial charge is 0.495 e. The van der Waals surface area contributed by atoms with Gasteiger partial charge in [0, 0.05) is 27.4 Å². The lowest BCUT2D eigenvalue weighted by Gasteiger charge is -2.27. The molecule has 0 bridgehead atoms. The van der Waals surface area contributed by atoms with Crippen molar-refractivity contribution < 1.29 is 4.74 Å². The molecule has 0 saturated heterocycles. The number of benzene rings is 2. The smallest absolute Gasteiger partial charge is 0.139 e. The van der Waals surface area contributed by atoms with E-state index in [-0.39, 0.29) is 6.04 Å². The number of nitrogens with one attached hydrogen (secondary N) is 1. The summed E-state index contributed by atoms with van der Waals surface area (Å²) in [5.74, 6) is 1.77. The minimum absolute atomic E-state index is 0.255. The molecule has 21 heavy (non-hydrogen) atoms. The summed E-state index contributed by atoms with van der Waals surface area (Å²) in [6.07, 6.45) is 1.06. The first-order valence-electron chi connectivity index (χ1n) is 6.69. The summed E-state index contributed by atoms with van der Waals surface area (Å²) in [6, 6.07) is 12.1. The minimum Gasteiger partial charge on any atom is -0.495 e. The van der Waals surface area contributed by atoms with Crippen LogP contribution in [0.3, 0.4) is 0 Å². The van der Waals surface area contributed by atoms with E-state index in [9.17, 15) is 0 Å². The molecular weight excluding hydrogens is 325 g/mol. The van der Waals surface area contributed by atoms with Gasteiger partial charge < -0.3 is 10.1 Å². The van der Waals surface area contributed by atoms with Crippen molar-refractivity contribution >= 4 is 40.7 Å². The van der Waals surface area contributed by atoms with Crippen molar-refractivity contribution in [3.63, 3.8) is 0 Å². The lowest BCUT2D eigenvalue weighted by Crippen LogP contribution is -2.16. The van der Waals surface area contributed by atoms with E-state index in [0.717, 1.165) is 22.9 Å². The second-order valence-electron chi connectivity index (χ2n) is 4.87. The van der Waals surface area contributed by atoms with Crippen molar-refractivity contribution in [2.45, 2.75) is 17.4 Å².